The first-order valence-corrected chi connectivity index (χ1v) is 6.43. The lowest BCUT2D eigenvalue weighted by Crippen LogP contribution is -1.93. The molecule has 2 aromatic carbocycles. The van der Waals surface area contributed by atoms with Crippen LogP contribution in [0.4, 0.5) is 0 Å². The molecule has 0 aliphatic heterocycles. The van der Waals surface area contributed by atoms with Crippen LogP contribution in [-0.4, -0.2) is 4.98 Å². The van der Waals surface area contributed by atoms with Crippen LogP contribution in [0.5, 0.6) is 0 Å². The van der Waals surface area contributed by atoms with Gasteiger partial charge in [0.1, 0.15) is 0 Å². The molecule has 0 aliphatic carbocycles. The molecular weight excluding hydrogens is 230 g/mol. The predicted octanol–water partition coefficient (Wildman–Crippen LogP) is 4.63. The van der Waals surface area contributed by atoms with E-state index in [4.69, 9.17) is 4.98 Å². The highest BCUT2D eigenvalue weighted by Crippen LogP contribution is 2.27. The number of nitrogens with zero attached hydrogens (tertiary/aromatic N) is 1. The Labute approximate surface area is 113 Å². The van der Waals surface area contributed by atoms with Crippen molar-refractivity contribution in [1.29, 1.82) is 0 Å². The molecule has 0 spiro atoms. The number of rotatable bonds is 3. The van der Waals surface area contributed by atoms with E-state index in [1.54, 1.807) is 0 Å². The van der Waals surface area contributed by atoms with Crippen molar-refractivity contribution in [3.8, 4) is 11.3 Å². The zero-order valence-electron chi connectivity index (χ0n) is 10.7. The van der Waals surface area contributed by atoms with E-state index in [9.17, 15) is 0 Å². The maximum atomic E-state index is 4.79. The molecule has 0 fully saturated rings. The second-order valence-corrected chi connectivity index (χ2v) is 4.54. The van der Waals surface area contributed by atoms with E-state index in [2.05, 4.69) is 49.0 Å². The van der Waals surface area contributed by atoms with Crippen LogP contribution < -0.4 is 0 Å². The molecule has 0 N–H and O–H groups in total. The summed E-state index contributed by atoms with van der Waals surface area (Å²) in [5, 5.41) is 2.43. The molecule has 19 heavy (non-hydrogen) atoms. The Hall–Kier alpha value is -2.41. The number of allylic oxidation sites excluding steroid dienone is 1. The molecule has 1 heteroatoms. The summed E-state index contributed by atoms with van der Waals surface area (Å²) in [7, 11) is 0. The first-order chi connectivity index (χ1) is 9.38. The monoisotopic (exact) mass is 245 g/mol. The van der Waals surface area contributed by atoms with Gasteiger partial charge in [0.05, 0.1) is 5.69 Å². The van der Waals surface area contributed by atoms with Crippen molar-refractivity contribution in [2.75, 3.05) is 0 Å². The number of fused-ring (bicyclic) bond motifs is 1. The van der Waals surface area contributed by atoms with Crippen molar-refractivity contribution in [3.05, 3.63) is 79.0 Å². The van der Waals surface area contributed by atoms with Crippen molar-refractivity contribution in [3.63, 3.8) is 0 Å². The first kappa shape index (κ1) is 11.7. The van der Waals surface area contributed by atoms with Gasteiger partial charge < -0.3 is 0 Å². The van der Waals surface area contributed by atoms with E-state index in [-0.39, 0.29) is 0 Å². The number of aromatic nitrogens is 1. The van der Waals surface area contributed by atoms with Gasteiger partial charge in [-0.25, -0.2) is 0 Å². The minimum Gasteiger partial charge on any atom is -0.252 e. The summed E-state index contributed by atoms with van der Waals surface area (Å²) < 4.78 is 0. The van der Waals surface area contributed by atoms with E-state index in [1.807, 2.05) is 24.3 Å². The Morgan fingerprint density at radius 1 is 0.947 bits per heavy atom. The van der Waals surface area contributed by atoms with E-state index < -0.39 is 0 Å². The van der Waals surface area contributed by atoms with Crippen molar-refractivity contribution in [2.45, 2.75) is 6.42 Å². The molecule has 1 heterocycles. The number of pyridine rings is 1. The summed E-state index contributed by atoms with van der Waals surface area (Å²) in [6.07, 6.45) is 2.69. The largest absolute Gasteiger partial charge is 0.252 e. The maximum Gasteiger partial charge on any atom is 0.0783 e. The van der Waals surface area contributed by atoms with Crippen LogP contribution >= 0.6 is 0 Å². The predicted molar refractivity (Wildman–Crippen MR) is 81.1 cm³/mol. The highest BCUT2D eigenvalue weighted by Gasteiger charge is 2.06. The molecule has 0 amide bonds. The van der Waals surface area contributed by atoms with Crippen molar-refractivity contribution in [1.82, 2.24) is 4.98 Å². The number of hydrogen-bond acceptors (Lipinski definition) is 1. The van der Waals surface area contributed by atoms with Crippen molar-refractivity contribution in [2.24, 2.45) is 0 Å². The Balaban J connectivity index is 2.29. The molecule has 3 aromatic rings. The summed E-state index contributed by atoms with van der Waals surface area (Å²) in [6, 6.07) is 20.9. The van der Waals surface area contributed by atoms with Gasteiger partial charge >= 0.3 is 0 Å². The topological polar surface area (TPSA) is 12.9 Å². The second kappa shape index (κ2) is 5.07. The van der Waals surface area contributed by atoms with E-state index in [0.717, 1.165) is 23.4 Å². The van der Waals surface area contributed by atoms with Crippen molar-refractivity contribution >= 4 is 10.8 Å². The van der Waals surface area contributed by atoms with E-state index in [1.165, 1.54) is 10.8 Å². The fourth-order valence-electron chi connectivity index (χ4n) is 2.32. The molecule has 0 unspecified atom stereocenters. The molecule has 0 radical (unpaired) electrons. The molecule has 0 bridgehead atoms. The Morgan fingerprint density at radius 3 is 2.47 bits per heavy atom. The number of hydrogen-bond donors (Lipinski definition) is 0. The third kappa shape index (κ3) is 2.27. The Morgan fingerprint density at radius 2 is 1.68 bits per heavy atom. The highest BCUT2D eigenvalue weighted by atomic mass is 14.7. The third-order valence-corrected chi connectivity index (χ3v) is 3.19. The molecule has 0 aliphatic rings. The first-order valence-electron chi connectivity index (χ1n) is 6.43. The van der Waals surface area contributed by atoms with Crippen LogP contribution in [-0.2, 0) is 6.42 Å². The standard InChI is InChI=1S/C18H15N/c1-2-8-16-13-15-11-6-7-12-17(15)18(19-16)14-9-4-3-5-10-14/h2-7,9-13H,1,8H2. The van der Waals surface area contributed by atoms with Crippen LogP contribution in [0.1, 0.15) is 5.69 Å². The highest BCUT2D eigenvalue weighted by molar-refractivity contribution is 5.94. The van der Waals surface area contributed by atoms with Gasteiger partial charge in [0, 0.05) is 23.1 Å². The fourth-order valence-corrected chi connectivity index (χ4v) is 2.32. The molecule has 92 valence electrons. The molecule has 1 aromatic heterocycles. The number of benzene rings is 2. The van der Waals surface area contributed by atoms with Gasteiger partial charge in [-0.1, -0.05) is 60.7 Å². The van der Waals surface area contributed by atoms with E-state index >= 15 is 0 Å². The molecular formula is C18H15N. The van der Waals surface area contributed by atoms with Gasteiger partial charge in [0.15, 0.2) is 0 Å². The van der Waals surface area contributed by atoms with Crippen LogP contribution in [0.2, 0.25) is 0 Å². The lowest BCUT2D eigenvalue weighted by Gasteiger charge is -2.08. The van der Waals surface area contributed by atoms with E-state index in [0.29, 0.717) is 0 Å². The summed E-state index contributed by atoms with van der Waals surface area (Å²) >= 11 is 0. The second-order valence-electron chi connectivity index (χ2n) is 4.54. The van der Waals surface area contributed by atoms with Crippen molar-refractivity contribution < 1.29 is 0 Å². The smallest absolute Gasteiger partial charge is 0.0783 e. The van der Waals surface area contributed by atoms with Gasteiger partial charge in [0.2, 0.25) is 0 Å². The summed E-state index contributed by atoms with van der Waals surface area (Å²) in [6.45, 7) is 3.80. The maximum absolute atomic E-state index is 4.79. The summed E-state index contributed by atoms with van der Waals surface area (Å²) in [4.78, 5) is 4.79. The minimum absolute atomic E-state index is 0.796. The summed E-state index contributed by atoms with van der Waals surface area (Å²) in [5.74, 6) is 0. The third-order valence-electron chi connectivity index (χ3n) is 3.19. The molecule has 0 atom stereocenters. The zero-order valence-corrected chi connectivity index (χ0v) is 10.7. The molecule has 1 nitrogen and oxygen atoms in total. The molecule has 0 saturated heterocycles. The lowest BCUT2D eigenvalue weighted by molar-refractivity contribution is 1.13. The summed E-state index contributed by atoms with van der Waals surface area (Å²) in [5.41, 5.74) is 3.27. The zero-order chi connectivity index (χ0) is 13.1. The Kier molecular flexibility index (Phi) is 3.11. The van der Waals surface area contributed by atoms with Crippen LogP contribution in [0.15, 0.2) is 73.3 Å². The van der Waals surface area contributed by atoms with Gasteiger partial charge in [-0.3, -0.25) is 4.98 Å². The Bertz CT molecular complexity index is 714. The lowest BCUT2D eigenvalue weighted by atomic mass is 10.0. The SMILES string of the molecule is C=CCc1cc2ccccc2c(-c2ccccc2)n1. The van der Waals surface area contributed by atoms with Gasteiger partial charge in [-0.2, -0.15) is 0 Å². The van der Waals surface area contributed by atoms with Gasteiger partial charge in [-0.15, -0.1) is 6.58 Å². The van der Waals surface area contributed by atoms with Crippen LogP contribution in [0.3, 0.4) is 0 Å². The quantitative estimate of drug-likeness (QED) is 0.613. The van der Waals surface area contributed by atoms with Gasteiger partial charge in [-0.05, 0) is 11.5 Å². The average Bonchev–Trinajstić information content (AvgIpc) is 2.48. The van der Waals surface area contributed by atoms with Crippen LogP contribution in [0, 0.1) is 0 Å². The van der Waals surface area contributed by atoms with Crippen LogP contribution in [0.25, 0.3) is 22.0 Å². The molecule has 3 rings (SSSR count). The average molecular weight is 245 g/mol. The minimum atomic E-state index is 0.796. The normalized spacial score (nSPS) is 10.5. The molecule has 0 saturated carbocycles. The van der Waals surface area contributed by atoms with Gasteiger partial charge in [0.25, 0.3) is 0 Å². The fraction of sp³-hybridized carbons (Fsp3) is 0.0556.